The van der Waals surface area contributed by atoms with Crippen LogP contribution in [0.25, 0.3) is 0 Å². The molecule has 1 N–H and O–H groups in total. The number of halogens is 3. The Kier molecular flexibility index (Phi) is 12.1. The molecule has 0 spiro atoms. The molecule has 1 aromatic carbocycles. The predicted molar refractivity (Wildman–Crippen MR) is 96.1 cm³/mol. The number of hydrogen-bond donors (Lipinski definition) is 1. The largest absolute Gasteiger partial charge is 0.494 e. The van der Waals surface area contributed by atoms with E-state index in [-0.39, 0.29) is 24.8 Å². The van der Waals surface area contributed by atoms with Crippen LogP contribution in [0.1, 0.15) is 12.5 Å². The second-order valence-electron chi connectivity index (χ2n) is 4.82. The van der Waals surface area contributed by atoms with Crippen molar-refractivity contribution >= 4 is 36.4 Å². The lowest BCUT2D eigenvalue weighted by Gasteiger charge is -2.26. The molecule has 7 heteroatoms. The van der Waals surface area contributed by atoms with E-state index in [1.54, 1.807) is 0 Å². The fourth-order valence-corrected chi connectivity index (χ4v) is 2.46. The highest BCUT2D eigenvalue weighted by atomic mass is 35.5. The minimum atomic E-state index is 0. The number of nitrogens with zero attached hydrogens (tertiary/aromatic N) is 1. The fourth-order valence-electron chi connectivity index (χ4n) is 2.27. The number of nitrogens with one attached hydrogen (secondary N) is 1. The molecule has 1 fully saturated rings. The molecule has 0 radical (unpaired) electrons. The number of ether oxygens (including phenoxy) is 2. The third kappa shape index (κ3) is 7.36. The molecule has 0 unspecified atom stereocenters. The molecule has 1 aliphatic rings. The van der Waals surface area contributed by atoms with E-state index in [1.165, 1.54) is 0 Å². The van der Waals surface area contributed by atoms with Crippen molar-refractivity contribution in [1.82, 2.24) is 10.2 Å². The van der Waals surface area contributed by atoms with Crippen molar-refractivity contribution in [2.75, 3.05) is 46.0 Å². The molecular formula is C15H25Cl3N2O2. The average Bonchev–Trinajstić information content (AvgIpc) is 2.47. The van der Waals surface area contributed by atoms with E-state index >= 15 is 0 Å². The molecule has 128 valence electrons. The Hall–Kier alpha value is -0.230. The molecule has 22 heavy (non-hydrogen) atoms. The molecule has 1 aliphatic heterocycles. The van der Waals surface area contributed by atoms with Gasteiger partial charge >= 0.3 is 0 Å². The normalized spacial score (nSPS) is 14.8. The van der Waals surface area contributed by atoms with Crippen LogP contribution in [0, 0.1) is 0 Å². The Morgan fingerprint density at radius 3 is 2.68 bits per heavy atom. The Labute approximate surface area is 150 Å². The first kappa shape index (κ1) is 21.8. The van der Waals surface area contributed by atoms with Crippen molar-refractivity contribution in [1.29, 1.82) is 0 Å². The lowest BCUT2D eigenvalue weighted by atomic mass is 10.2. The predicted octanol–water partition coefficient (Wildman–Crippen LogP) is 3.00. The minimum Gasteiger partial charge on any atom is -0.494 e. The lowest BCUT2D eigenvalue weighted by molar-refractivity contribution is 0.0384. The zero-order chi connectivity index (χ0) is 14.2. The van der Waals surface area contributed by atoms with Gasteiger partial charge in [0.25, 0.3) is 0 Å². The summed E-state index contributed by atoms with van der Waals surface area (Å²) in [6.45, 7) is 9.20. The maximum absolute atomic E-state index is 6.05. The summed E-state index contributed by atoms with van der Waals surface area (Å²) in [5.74, 6) is 0.913. The van der Waals surface area contributed by atoms with Gasteiger partial charge in [-0.3, -0.25) is 4.90 Å². The van der Waals surface area contributed by atoms with Gasteiger partial charge in [-0.05, 0) is 25.1 Å². The third-order valence-electron chi connectivity index (χ3n) is 3.35. The van der Waals surface area contributed by atoms with E-state index in [9.17, 15) is 0 Å². The third-order valence-corrected chi connectivity index (χ3v) is 3.58. The maximum atomic E-state index is 6.05. The summed E-state index contributed by atoms with van der Waals surface area (Å²) in [4.78, 5) is 2.41. The van der Waals surface area contributed by atoms with Gasteiger partial charge in [0.05, 0.1) is 19.8 Å². The summed E-state index contributed by atoms with van der Waals surface area (Å²) < 4.78 is 11.0. The molecule has 4 nitrogen and oxygen atoms in total. The van der Waals surface area contributed by atoms with E-state index in [0.717, 1.165) is 62.3 Å². The molecular weight excluding hydrogens is 347 g/mol. The topological polar surface area (TPSA) is 33.7 Å². The van der Waals surface area contributed by atoms with Gasteiger partial charge in [-0.1, -0.05) is 11.6 Å². The standard InChI is InChI=1S/C15H23ClN2O2.2ClH/c1-2-20-15-4-3-14(16)11-13(15)12-17-5-6-18-7-9-19-10-8-18;;/h3-4,11,17H,2,5-10,12H2,1H3;2*1H. The molecule has 0 saturated carbocycles. The second kappa shape index (κ2) is 12.2. The Balaban J connectivity index is 0.00000220. The van der Waals surface area contributed by atoms with Crippen molar-refractivity contribution in [3.63, 3.8) is 0 Å². The Morgan fingerprint density at radius 1 is 1.27 bits per heavy atom. The quantitative estimate of drug-likeness (QED) is 0.747. The molecule has 1 heterocycles. The summed E-state index contributed by atoms with van der Waals surface area (Å²) in [6.07, 6.45) is 0. The van der Waals surface area contributed by atoms with Gasteiger partial charge in [0.2, 0.25) is 0 Å². The molecule has 0 aliphatic carbocycles. The minimum absolute atomic E-state index is 0. The summed E-state index contributed by atoms with van der Waals surface area (Å²) in [5.41, 5.74) is 1.11. The number of hydrogen-bond acceptors (Lipinski definition) is 4. The van der Waals surface area contributed by atoms with Crippen LogP contribution in [0.15, 0.2) is 18.2 Å². The first-order valence-corrected chi connectivity index (χ1v) is 7.59. The van der Waals surface area contributed by atoms with E-state index in [2.05, 4.69) is 10.2 Å². The van der Waals surface area contributed by atoms with Gasteiger partial charge in [0.1, 0.15) is 5.75 Å². The van der Waals surface area contributed by atoms with Gasteiger partial charge in [0.15, 0.2) is 0 Å². The zero-order valence-electron chi connectivity index (χ0n) is 12.8. The van der Waals surface area contributed by atoms with Gasteiger partial charge < -0.3 is 14.8 Å². The van der Waals surface area contributed by atoms with Crippen LogP contribution in [-0.4, -0.2) is 50.9 Å². The Bertz CT molecular complexity index is 416. The van der Waals surface area contributed by atoms with E-state index in [1.807, 2.05) is 25.1 Å². The first-order chi connectivity index (χ1) is 9.79. The highest BCUT2D eigenvalue weighted by molar-refractivity contribution is 6.30. The van der Waals surface area contributed by atoms with Crippen molar-refractivity contribution in [3.8, 4) is 5.75 Å². The molecule has 1 saturated heterocycles. The highest BCUT2D eigenvalue weighted by Gasteiger charge is 2.09. The molecule has 1 aromatic rings. The molecule has 0 amide bonds. The van der Waals surface area contributed by atoms with Crippen molar-refractivity contribution in [2.24, 2.45) is 0 Å². The number of morpholine rings is 1. The van der Waals surface area contributed by atoms with Crippen LogP contribution in [0.4, 0.5) is 0 Å². The maximum Gasteiger partial charge on any atom is 0.123 e. The summed E-state index contributed by atoms with van der Waals surface area (Å²) >= 11 is 6.05. The SMILES string of the molecule is CCOc1ccc(Cl)cc1CNCCN1CCOCC1.Cl.Cl. The monoisotopic (exact) mass is 370 g/mol. The Morgan fingerprint density at radius 2 is 2.00 bits per heavy atom. The van der Waals surface area contributed by atoms with Gasteiger partial charge in [-0.2, -0.15) is 0 Å². The van der Waals surface area contributed by atoms with Crippen LogP contribution in [0.3, 0.4) is 0 Å². The van der Waals surface area contributed by atoms with Gasteiger partial charge in [0, 0.05) is 43.3 Å². The smallest absolute Gasteiger partial charge is 0.123 e. The van der Waals surface area contributed by atoms with Crippen LogP contribution < -0.4 is 10.1 Å². The zero-order valence-corrected chi connectivity index (χ0v) is 15.2. The molecule has 0 bridgehead atoms. The van der Waals surface area contributed by atoms with Crippen molar-refractivity contribution in [2.45, 2.75) is 13.5 Å². The average molecular weight is 372 g/mol. The van der Waals surface area contributed by atoms with E-state index in [4.69, 9.17) is 21.1 Å². The van der Waals surface area contributed by atoms with Crippen molar-refractivity contribution in [3.05, 3.63) is 28.8 Å². The number of benzene rings is 1. The lowest BCUT2D eigenvalue weighted by Crippen LogP contribution is -2.40. The van der Waals surface area contributed by atoms with E-state index in [0.29, 0.717) is 6.61 Å². The van der Waals surface area contributed by atoms with Crippen LogP contribution in [0.5, 0.6) is 5.75 Å². The molecule has 0 atom stereocenters. The van der Waals surface area contributed by atoms with E-state index < -0.39 is 0 Å². The number of rotatable bonds is 7. The fraction of sp³-hybridized carbons (Fsp3) is 0.600. The van der Waals surface area contributed by atoms with Crippen molar-refractivity contribution < 1.29 is 9.47 Å². The van der Waals surface area contributed by atoms with Crippen LogP contribution in [0.2, 0.25) is 5.02 Å². The second-order valence-corrected chi connectivity index (χ2v) is 5.25. The van der Waals surface area contributed by atoms with Crippen LogP contribution in [-0.2, 0) is 11.3 Å². The van der Waals surface area contributed by atoms with Crippen LogP contribution >= 0.6 is 36.4 Å². The first-order valence-electron chi connectivity index (χ1n) is 7.21. The highest BCUT2D eigenvalue weighted by Crippen LogP contribution is 2.22. The summed E-state index contributed by atoms with van der Waals surface area (Å²) in [7, 11) is 0. The van der Waals surface area contributed by atoms with Gasteiger partial charge in [-0.15, -0.1) is 24.8 Å². The van der Waals surface area contributed by atoms with Gasteiger partial charge in [-0.25, -0.2) is 0 Å². The molecule has 2 rings (SSSR count). The molecule has 0 aromatic heterocycles. The summed E-state index contributed by atoms with van der Waals surface area (Å²) in [5, 5.41) is 4.20. The summed E-state index contributed by atoms with van der Waals surface area (Å²) in [6, 6.07) is 5.77.